The SMILES string of the molecule is O=C(O)c1ccccc1.O=C(O)c1ccccc1.[Ti+2].c1ccc2[cH-]c(Cc3cc4ccccc4[cH-]3)cc2c1. The zero-order valence-corrected chi connectivity index (χ0v) is 22.2. The number of rotatable bonds is 4. The first kappa shape index (κ1) is 28.3. The van der Waals surface area contributed by atoms with Crippen molar-refractivity contribution < 1.29 is 41.5 Å². The molecule has 6 aromatic carbocycles. The van der Waals surface area contributed by atoms with E-state index in [1.54, 1.807) is 60.7 Å². The molecule has 0 amide bonds. The van der Waals surface area contributed by atoms with Gasteiger partial charge in [0.25, 0.3) is 0 Å². The molecule has 0 unspecified atom stereocenters. The van der Waals surface area contributed by atoms with Crippen molar-refractivity contribution in [3.8, 4) is 0 Å². The Morgan fingerprint density at radius 2 is 0.868 bits per heavy atom. The summed E-state index contributed by atoms with van der Waals surface area (Å²) in [6.07, 6.45) is 1.02. The van der Waals surface area contributed by atoms with Crippen molar-refractivity contribution in [3.63, 3.8) is 0 Å². The van der Waals surface area contributed by atoms with Crippen LogP contribution in [0.25, 0.3) is 21.5 Å². The van der Waals surface area contributed by atoms with E-state index in [0.717, 1.165) is 6.42 Å². The first-order valence-electron chi connectivity index (χ1n) is 11.8. The number of carboxylic acid groups (broad SMARTS) is 2. The Kier molecular flexibility index (Phi) is 10.4. The van der Waals surface area contributed by atoms with Crippen LogP contribution in [0, 0.1) is 0 Å². The molecule has 4 nitrogen and oxygen atoms in total. The monoisotopic (exact) mass is 534 g/mol. The van der Waals surface area contributed by atoms with Crippen LogP contribution in [0.2, 0.25) is 0 Å². The molecule has 0 fully saturated rings. The second-order valence-electron chi connectivity index (χ2n) is 8.50. The van der Waals surface area contributed by atoms with Gasteiger partial charge in [-0.15, -0.1) is 81.2 Å². The summed E-state index contributed by atoms with van der Waals surface area (Å²) < 4.78 is 0. The standard InChI is InChI=1S/C19H14.2C7H6O2.Ti/c1-2-6-17-11-14(10-16(17)5-1)9-15-12-18-7-3-4-8-19(18)13-15;2*8-7(9)6-4-2-1-3-5-6;/h1-8,10-13H,9H2;2*1-5H,(H,8,9);/q-2;;;+2. The molecule has 0 aliphatic rings. The number of benzene rings is 4. The van der Waals surface area contributed by atoms with E-state index in [2.05, 4.69) is 72.8 Å². The fourth-order valence-corrected chi connectivity index (χ4v) is 4.03. The molecule has 0 heterocycles. The molecule has 0 atom stereocenters. The summed E-state index contributed by atoms with van der Waals surface area (Å²) >= 11 is 0. The number of carboxylic acids is 2. The quantitative estimate of drug-likeness (QED) is 0.179. The van der Waals surface area contributed by atoms with E-state index in [4.69, 9.17) is 10.2 Å². The van der Waals surface area contributed by atoms with Crippen molar-refractivity contribution in [2.45, 2.75) is 6.42 Å². The number of hydrogen-bond acceptors (Lipinski definition) is 2. The van der Waals surface area contributed by atoms with Gasteiger partial charge in [0, 0.05) is 0 Å². The first-order chi connectivity index (χ1) is 18.0. The zero-order chi connectivity index (χ0) is 26.0. The topological polar surface area (TPSA) is 74.6 Å². The zero-order valence-electron chi connectivity index (χ0n) is 20.6. The predicted molar refractivity (Wildman–Crippen MR) is 149 cm³/mol. The molecule has 0 saturated carbocycles. The van der Waals surface area contributed by atoms with E-state index in [1.165, 1.54) is 32.7 Å². The Bertz CT molecular complexity index is 1410. The van der Waals surface area contributed by atoms with E-state index in [-0.39, 0.29) is 21.7 Å². The number of hydrogen-bond donors (Lipinski definition) is 2. The maximum Gasteiger partial charge on any atom is 2.00 e. The molecule has 2 N–H and O–H groups in total. The fraction of sp³-hybridized carbons (Fsp3) is 0.0303. The van der Waals surface area contributed by atoms with Crippen LogP contribution in [0.15, 0.2) is 133 Å². The fourth-order valence-electron chi connectivity index (χ4n) is 4.03. The molecular weight excluding hydrogens is 508 g/mol. The molecule has 186 valence electrons. The summed E-state index contributed by atoms with van der Waals surface area (Å²) in [4.78, 5) is 20.4. The van der Waals surface area contributed by atoms with Crippen molar-refractivity contribution in [3.05, 3.63) is 156 Å². The van der Waals surface area contributed by atoms with E-state index in [0.29, 0.717) is 11.1 Å². The molecule has 0 saturated heterocycles. The average molecular weight is 534 g/mol. The van der Waals surface area contributed by atoms with Gasteiger partial charge in [-0.05, 0) is 30.7 Å². The van der Waals surface area contributed by atoms with Crippen LogP contribution in [-0.4, -0.2) is 22.2 Å². The van der Waals surface area contributed by atoms with Crippen LogP contribution < -0.4 is 0 Å². The molecule has 38 heavy (non-hydrogen) atoms. The molecule has 0 aliphatic heterocycles. The maximum absolute atomic E-state index is 10.2. The van der Waals surface area contributed by atoms with Crippen LogP contribution in [0.1, 0.15) is 31.8 Å². The van der Waals surface area contributed by atoms with Gasteiger partial charge in [0.1, 0.15) is 0 Å². The van der Waals surface area contributed by atoms with Gasteiger partial charge in [-0.3, -0.25) is 0 Å². The van der Waals surface area contributed by atoms with E-state index >= 15 is 0 Å². The van der Waals surface area contributed by atoms with Gasteiger partial charge in [-0.1, -0.05) is 48.5 Å². The Morgan fingerprint density at radius 1 is 0.526 bits per heavy atom. The van der Waals surface area contributed by atoms with E-state index in [1.807, 2.05) is 0 Å². The molecular formula is C33H26O4Ti. The second-order valence-corrected chi connectivity index (χ2v) is 8.50. The van der Waals surface area contributed by atoms with Crippen LogP contribution in [-0.2, 0) is 28.1 Å². The molecule has 0 aliphatic carbocycles. The number of aromatic carboxylic acids is 2. The number of carbonyl (C=O) groups is 2. The van der Waals surface area contributed by atoms with Crippen LogP contribution in [0.4, 0.5) is 0 Å². The first-order valence-corrected chi connectivity index (χ1v) is 11.8. The van der Waals surface area contributed by atoms with Gasteiger partial charge in [0.2, 0.25) is 0 Å². The molecule has 0 bridgehead atoms. The summed E-state index contributed by atoms with van der Waals surface area (Å²) in [5.41, 5.74) is 3.46. The van der Waals surface area contributed by atoms with E-state index in [9.17, 15) is 9.59 Å². The Morgan fingerprint density at radius 3 is 1.18 bits per heavy atom. The van der Waals surface area contributed by atoms with E-state index < -0.39 is 11.9 Å². The van der Waals surface area contributed by atoms with Crippen molar-refractivity contribution in [2.75, 3.05) is 0 Å². The molecule has 6 rings (SSSR count). The van der Waals surface area contributed by atoms with Crippen molar-refractivity contribution >= 4 is 33.5 Å². The summed E-state index contributed by atoms with van der Waals surface area (Å²) in [6.45, 7) is 0. The third-order valence-corrected chi connectivity index (χ3v) is 5.81. The minimum absolute atomic E-state index is 0. The van der Waals surface area contributed by atoms with Crippen LogP contribution in [0.3, 0.4) is 0 Å². The molecule has 6 aromatic rings. The van der Waals surface area contributed by atoms with Gasteiger partial charge < -0.3 is 10.2 Å². The molecule has 0 radical (unpaired) electrons. The Hall–Kier alpha value is -4.25. The maximum atomic E-state index is 10.2. The molecule has 5 heteroatoms. The van der Waals surface area contributed by atoms with Crippen LogP contribution >= 0.6 is 0 Å². The smallest absolute Gasteiger partial charge is 0.478 e. The van der Waals surface area contributed by atoms with Crippen LogP contribution in [0.5, 0.6) is 0 Å². The van der Waals surface area contributed by atoms with Crippen molar-refractivity contribution in [1.82, 2.24) is 0 Å². The second kappa shape index (κ2) is 13.9. The van der Waals surface area contributed by atoms with Crippen molar-refractivity contribution in [1.29, 1.82) is 0 Å². The number of fused-ring (bicyclic) bond motifs is 2. The van der Waals surface area contributed by atoms with Gasteiger partial charge in [0.05, 0.1) is 11.1 Å². The summed E-state index contributed by atoms with van der Waals surface area (Å²) in [7, 11) is 0. The molecule has 0 spiro atoms. The van der Waals surface area contributed by atoms with Gasteiger partial charge in [-0.2, -0.15) is 12.1 Å². The normalized spacial score (nSPS) is 9.89. The average Bonchev–Trinajstić information content (AvgIpc) is 3.53. The van der Waals surface area contributed by atoms with Gasteiger partial charge in [-0.25, -0.2) is 9.59 Å². The van der Waals surface area contributed by atoms with Gasteiger partial charge >= 0.3 is 33.7 Å². The summed E-state index contributed by atoms with van der Waals surface area (Å²) in [6, 6.07) is 42.9. The minimum atomic E-state index is -0.879. The third-order valence-electron chi connectivity index (χ3n) is 5.81. The predicted octanol–water partition coefficient (Wildman–Crippen LogP) is 7.79. The largest absolute Gasteiger partial charge is 2.00 e. The Labute approximate surface area is 236 Å². The summed E-state index contributed by atoms with van der Waals surface area (Å²) in [5, 5.41) is 22.1. The summed E-state index contributed by atoms with van der Waals surface area (Å²) in [5.74, 6) is -1.76. The third kappa shape index (κ3) is 7.88. The van der Waals surface area contributed by atoms with Gasteiger partial charge in [0.15, 0.2) is 0 Å². The van der Waals surface area contributed by atoms with Crippen molar-refractivity contribution in [2.24, 2.45) is 0 Å². The minimum Gasteiger partial charge on any atom is -0.478 e. The Balaban J connectivity index is 0.000000178. The molecule has 0 aromatic heterocycles.